The molecule has 0 radical (unpaired) electrons. The molecule has 0 N–H and O–H groups in total. The van der Waals surface area contributed by atoms with Gasteiger partial charge in [0.15, 0.2) is 0 Å². The number of rotatable bonds is 7. The van der Waals surface area contributed by atoms with Crippen LogP contribution in [0.25, 0.3) is 0 Å². The van der Waals surface area contributed by atoms with Crippen molar-refractivity contribution in [1.82, 2.24) is 14.8 Å². The minimum Gasteiger partial charge on any atom is -0.297 e. The predicted molar refractivity (Wildman–Crippen MR) is 73.9 cm³/mol. The van der Waals surface area contributed by atoms with Crippen LogP contribution in [0.4, 0.5) is 0 Å². The number of aromatic nitrogens is 3. The Balaban J connectivity index is 2.37. The van der Waals surface area contributed by atoms with Crippen LogP contribution in [0.1, 0.15) is 70.2 Å². The lowest BCUT2D eigenvalue weighted by atomic mass is 9.98. The number of hydrogen-bond donors (Lipinski definition) is 0. The standard InChI is InChI=1S/C12H20ClN3O2S/c1-3-5-6-9(4-2)11-14-15-12(19(13,17)18)16(11)10-7-8-10/h9-10H,3-8H2,1-2H3. The highest BCUT2D eigenvalue weighted by atomic mass is 35.7. The molecule has 1 saturated carbocycles. The molecular weight excluding hydrogens is 286 g/mol. The Labute approximate surface area is 118 Å². The topological polar surface area (TPSA) is 64.8 Å². The van der Waals surface area contributed by atoms with Gasteiger partial charge in [-0.15, -0.1) is 10.2 Å². The van der Waals surface area contributed by atoms with E-state index in [4.69, 9.17) is 10.7 Å². The second-order valence-electron chi connectivity index (χ2n) is 5.13. The van der Waals surface area contributed by atoms with Gasteiger partial charge in [-0.05, 0) is 25.7 Å². The van der Waals surface area contributed by atoms with Crippen molar-refractivity contribution < 1.29 is 8.42 Å². The van der Waals surface area contributed by atoms with Gasteiger partial charge in [-0.2, -0.15) is 0 Å². The summed E-state index contributed by atoms with van der Waals surface area (Å²) in [6.45, 7) is 4.24. The maximum atomic E-state index is 11.6. The van der Waals surface area contributed by atoms with Gasteiger partial charge in [0.05, 0.1) is 0 Å². The van der Waals surface area contributed by atoms with Crippen LogP contribution in [-0.4, -0.2) is 23.2 Å². The first-order valence-corrected chi connectivity index (χ1v) is 9.19. The van der Waals surface area contributed by atoms with Gasteiger partial charge in [0.25, 0.3) is 14.2 Å². The van der Waals surface area contributed by atoms with E-state index >= 15 is 0 Å². The molecule has 1 unspecified atom stereocenters. The zero-order valence-electron chi connectivity index (χ0n) is 11.3. The average molecular weight is 306 g/mol. The monoisotopic (exact) mass is 305 g/mol. The average Bonchev–Trinajstić information content (AvgIpc) is 3.08. The Morgan fingerprint density at radius 3 is 2.53 bits per heavy atom. The zero-order chi connectivity index (χ0) is 14.0. The quantitative estimate of drug-likeness (QED) is 0.725. The van der Waals surface area contributed by atoms with Gasteiger partial charge in [-0.1, -0.05) is 26.7 Å². The van der Waals surface area contributed by atoms with Gasteiger partial charge in [-0.25, -0.2) is 8.42 Å². The SMILES string of the molecule is CCCCC(CC)c1nnc(S(=O)(=O)Cl)n1C1CC1. The third-order valence-corrected chi connectivity index (χ3v) is 4.71. The molecule has 0 amide bonds. The van der Waals surface area contributed by atoms with E-state index in [1.54, 1.807) is 4.57 Å². The highest BCUT2D eigenvalue weighted by Crippen LogP contribution is 2.40. The molecule has 0 aliphatic heterocycles. The van der Waals surface area contributed by atoms with Crippen molar-refractivity contribution in [2.75, 3.05) is 0 Å². The van der Waals surface area contributed by atoms with Crippen LogP contribution in [0.2, 0.25) is 0 Å². The van der Waals surface area contributed by atoms with Crippen molar-refractivity contribution in [2.45, 2.75) is 69.5 Å². The van der Waals surface area contributed by atoms with E-state index < -0.39 is 9.05 Å². The second-order valence-corrected chi connectivity index (χ2v) is 7.59. The van der Waals surface area contributed by atoms with Crippen LogP contribution >= 0.6 is 10.7 Å². The number of hydrogen-bond acceptors (Lipinski definition) is 4. The summed E-state index contributed by atoms with van der Waals surface area (Å²) < 4.78 is 24.9. The van der Waals surface area contributed by atoms with E-state index in [1.165, 1.54) is 0 Å². The first-order valence-electron chi connectivity index (χ1n) is 6.88. The lowest BCUT2D eigenvalue weighted by molar-refractivity contribution is 0.497. The molecule has 1 aromatic rings. The number of nitrogens with zero attached hydrogens (tertiary/aromatic N) is 3. The van der Waals surface area contributed by atoms with E-state index in [1.807, 2.05) is 0 Å². The van der Waals surface area contributed by atoms with Crippen LogP contribution in [-0.2, 0) is 9.05 Å². The van der Waals surface area contributed by atoms with Crippen LogP contribution < -0.4 is 0 Å². The molecule has 5 nitrogen and oxygen atoms in total. The van der Waals surface area contributed by atoms with Crippen LogP contribution in [0, 0.1) is 0 Å². The predicted octanol–water partition coefficient (Wildman–Crippen LogP) is 3.22. The molecule has 1 aliphatic rings. The molecule has 7 heteroatoms. The van der Waals surface area contributed by atoms with Crippen LogP contribution in [0.5, 0.6) is 0 Å². The van der Waals surface area contributed by atoms with Crippen molar-refractivity contribution in [3.8, 4) is 0 Å². The Morgan fingerprint density at radius 2 is 2.05 bits per heavy atom. The first-order chi connectivity index (χ1) is 8.99. The summed E-state index contributed by atoms with van der Waals surface area (Å²) in [5, 5.41) is 7.85. The summed E-state index contributed by atoms with van der Waals surface area (Å²) in [6, 6.07) is 0.212. The highest BCUT2D eigenvalue weighted by Gasteiger charge is 2.35. The molecule has 0 spiro atoms. The Bertz CT molecular complexity index is 537. The molecule has 1 heterocycles. The van der Waals surface area contributed by atoms with E-state index in [9.17, 15) is 8.42 Å². The summed E-state index contributed by atoms with van der Waals surface area (Å²) in [4.78, 5) is 0. The van der Waals surface area contributed by atoms with Crippen molar-refractivity contribution in [1.29, 1.82) is 0 Å². The van der Waals surface area contributed by atoms with Gasteiger partial charge in [-0.3, -0.25) is 4.57 Å². The van der Waals surface area contributed by atoms with Gasteiger partial charge in [0, 0.05) is 22.6 Å². The summed E-state index contributed by atoms with van der Waals surface area (Å²) >= 11 is 0. The third-order valence-electron chi connectivity index (χ3n) is 3.59. The zero-order valence-corrected chi connectivity index (χ0v) is 12.9. The summed E-state index contributed by atoms with van der Waals surface area (Å²) in [5.41, 5.74) is 0. The number of halogens is 1. The van der Waals surface area contributed by atoms with Gasteiger partial charge in [0.2, 0.25) is 0 Å². The molecule has 1 aliphatic carbocycles. The smallest absolute Gasteiger partial charge is 0.296 e. The van der Waals surface area contributed by atoms with Gasteiger partial charge >= 0.3 is 0 Å². The largest absolute Gasteiger partial charge is 0.297 e. The van der Waals surface area contributed by atoms with E-state index in [2.05, 4.69) is 24.0 Å². The molecule has 1 aromatic heterocycles. The molecule has 2 rings (SSSR count). The normalized spacial score (nSPS) is 17.6. The van der Waals surface area contributed by atoms with Crippen molar-refractivity contribution >= 4 is 19.7 Å². The molecule has 19 heavy (non-hydrogen) atoms. The molecule has 108 valence electrons. The molecule has 0 aromatic carbocycles. The molecule has 1 fully saturated rings. The first kappa shape index (κ1) is 14.8. The van der Waals surface area contributed by atoms with E-state index in [-0.39, 0.29) is 17.1 Å². The highest BCUT2D eigenvalue weighted by molar-refractivity contribution is 8.13. The molecule has 0 saturated heterocycles. The fraction of sp³-hybridized carbons (Fsp3) is 0.833. The minimum absolute atomic E-state index is 0.0818. The third kappa shape index (κ3) is 3.28. The lowest BCUT2D eigenvalue weighted by Gasteiger charge is -2.15. The maximum Gasteiger partial charge on any atom is 0.296 e. The van der Waals surface area contributed by atoms with Crippen LogP contribution in [0.15, 0.2) is 5.16 Å². The number of unbranched alkanes of at least 4 members (excludes halogenated alkanes) is 1. The Morgan fingerprint density at radius 1 is 1.37 bits per heavy atom. The Kier molecular flexibility index (Phi) is 4.50. The van der Waals surface area contributed by atoms with Gasteiger partial charge in [0.1, 0.15) is 5.82 Å². The van der Waals surface area contributed by atoms with Crippen molar-refractivity contribution in [3.63, 3.8) is 0 Å². The van der Waals surface area contributed by atoms with E-state index in [0.717, 1.165) is 44.3 Å². The molecule has 1 atom stereocenters. The van der Waals surface area contributed by atoms with E-state index in [0.29, 0.717) is 0 Å². The van der Waals surface area contributed by atoms with Crippen LogP contribution in [0.3, 0.4) is 0 Å². The fourth-order valence-electron chi connectivity index (χ4n) is 2.38. The molecule has 0 bridgehead atoms. The summed E-state index contributed by atoms with van der Waals surface area (Å²) in [5.74, 6) is 1.05. The minimum atomic E-state index is -3.82. The van der Waals surface area contributed by atoms with Crippen molar-refractivity contribution in [2.24, 2.45) is 0 Å². The van der Waals surface area contributed by atoms with Crippen molar-refractivity contribution in [3.05, 3.63) is 5.82 Å². The lowest BCUT2D eigenvalue weighted by Crippen LogP contribution is -2.11. The second kappa shape index (κ2) is 5.79. The Hall–Kier alpha value is -0.620. The van der Waals surface area contributed by atoms with Gasteiger partial charge < -0.3 is 0 Å². The maximum absolute atomic E-state index is 11.6. The summed E-state index contributed by atoms with van der Waals surface area (Å²) in [7, 11) is 1.63. The summed E-state index contributed by atoms with van der Waals surface area (Å²) in [6.07, 6.45) is 6.14. The fourth-order valence-corrected chi connectivity index (χ4v) is 3.31. The molecular formula is C12H20ClN3O2S.